The molecule has 0 N–H and O–H groups in total. The number of unbranched alkanes of at least 4 members (excludes halogenated alkanes) is 1. The van der Waals surface area contributed by atoms with Crippen LogP contribution in [0.3, 0.4) is 0 Å². The molecular formula is C24H35ClN2O3. The summed E-state index contributed by atoms with van der Waals surface area (Å²) >= 11 is 6.27. The number of hydrogen-bond acceptors (Lipinski definition) is 3. The van der Waals surface area contributed by atoms with E-state index >= 15 is 0 Å². The van der Waals surface area contributed by atoms with Gasteiger partial charge in [0.15, 0.2) is 0 Å². The highest BCUT2D eigenvalue weighted by Crippen LogP contribution is 2.37. The first kappa shape index (κ1) is 22.9. The van der Waals surface area contributed by atoms with E-state index in [4.69, 9.17) is 16.3 Å². The van der Waals surface area contributed by atoms with Gasteiger partial charge in [-0.05, 0) is 42.9 Å². The molecule has 5 nitrogen and oxygen atoms in total. The van der Waals surface area contributed by atoms with Crippen LogP contribution in [-0.4, -0.2) is 54.6 Å². The van der Waals surface area contributed by atoms with Gasteiger partial charge in [-0.2, -0.15) is 0 Å². The van der Waals surface area contributed by atoms with E-state index in [-0.39, 0.29) is 17.9 Å². The Bertz CT molecular complexity index is 695. The molecule has 2 fully saturated rings. The zero-order valence-electron chi connectivity index (χ0n) is 18.2. The molecule has 3 rings (SSSR count). The molecule has 1 heterocycles. The Morgan fingerprint density at radius 2 is 1.73 bits per heavy atom. The fraction of sp³-hybridized carbons (Fsp3) is 0.667. The van der Waals surface area contributed by atoms with Crippen LogP contribution in [0.5, 0.6) is 0 Å². The molecule has 1 aromatic rings. The largest absolute Gasteiger partial charge is 0.449 e. The molecule has 0 aromatic heterocycles. The summed E-state index contributed by atoms with van der Waals surface area (Å²) in [4.78, 5) is 29.5. The van der Waals surface area contributed by atoms with E-state index in [0.717, 1.165) is 31.2 Å². The van der Waals surface area contributed by atoms with E-state index in [2.05, 4.69) is 6.92 Å². The predicted molar refractivity (Wildman–Crippen MR) is 120 cm³/mol. The molecule has 1 atom stereocenters. The summed E-state index contributed by atoms with van der Waals surface area (Å²) in [6, 6.07) is 7.80. The summed E-state index contributed by atoms with van der Waals surface area (Å²) in [5, 5.41) is 0.679. The molecule has 1 aromatic carbocycles. The van der Waals surface area contributed by atoms with E-state index in [1.807, 2.05) is 29.2 Å². The third kappa shape index (κ3) is 6.13. The number of nitrogens with zero attached hydrogens (tertiary/aromatic N) is 2. The topological polar surface area (TPSA) is 49.9 Å². The van der Waals surface area contributed by atoms with Crippen molar-refractivity contribution in [2.24, 2.45) is 5.92 Å². The minimum atomic E-state index is -0.259. The molecule has 1 saturated carbocycles. The molecule has 0 bridgehead atoms. The minimum absolute atomic E-state index is 0.148. The molecular weight excluding hydrogens is 400 g/mol. The average molecular weight is 435 g/mol. The fourth-order valence-corrected chi connectivity index (χ4v) is 4.86. The van der Waals surface area contributed by atoms with Gasteiger partial charge in [0, 0.05) is 31.2 Å². The maximum atomic E-state index is 13.7. The highest BCUT2D eigenvalue weighted by atomic mass is 35.5. The Balaban J connectivity index is 1.67. The lowest BCUT2D eigenvalue weighted by atomic mass is 9.80. The van der Waals surface area contributed by atoms with Gasteiger partial charge in [0.25, 0.3) is 0 Å². The number of carbonyl (C=O) groups excluding carboxylic acids is 2. The van der Waals surface area contributed by atoms with Gasteiger partial charge < -0.3 is 14.5 Å². The van der Waals surface area contributed by atoms with E-state index in [1.54, 1.807) is 4.90 Å². The molecule has 1 aliphatic carbocycles. The highest BCUT2D eigenvalue weighted by Gasteiger charge is 2.35. The second-order valence-corrected chi connectivity index (χ2v) is 9.00. The van der Waals surface area contributed by atoms with Crippen molar-refractivity contribution in [3.05, 3.63) is 34.9 Å². The second-order valence-electron chi connectivity index (χ2n) is 8.56. The predicted octanol–water partition coefficient (Wildman–Crippen LogP) is 5.47. The lowest BCUT2D eigenvalue weighted by molar-refractivity contribution is -0.136. The smallest absolute Gasteiger partial charge is 0.409 e. The molecule has 0 radical (unpaired) electrons. The van der Waals surface area contributed by atoms with Crippen molar-refractivity contribution in [2.75, 3.05) is 32.8 Å². The number of hydrogen-bond donors (Lipinski definition) is 0. The van der Waals surface area contributed by atoms with Crippen molar-refractivity contribution in [1.29, 1.82) is 0 Å². The van der Waals surface area contributed by atoms with Gasteiger partial charge in [-0.1, -0.05) is 62.8 Å². The monoisotopic (exact) mass is 434 g/mol. The van der Waals surface area contributed by atoms with Crippen LogP contribution < -0.4 is 0 Å². The molecule has 1 unspecified atom stereocenters. The van der Waals surface area contributed by atoms with Crippen LogP contribution in [0, 0.1) is 5.92 Å². The third-order valence-electron chi connectivity index (χ3n) is 6.42. The summed E-state index contributed by atoms with van der Waals surface area (Å²) in [7, 11) is 0. The lowest BCUT2D eigenvalue weighted by Crippen LogP contribution is -2.52. The summed E-state index contributed by atoms with van der Waals surface area (Å²) in [6.07, 6.45) is 8.69. The van der Waals surface area contributed by atoms with E-state index in [9.17, 15) is 9.59 Å². The normalized spacial score (nSPS) is 19.3. The summed E-state index contributed by atoms with van der Waals surface area (Å²) in [5.41, 5.74) is 1.03. The van der Waals surface area contributed by atoms with E-state index in [1.165, 1.54) is 25.7 Å². The molecule has 0 spiro atoms. The van der Waals surface area contributed by atoms with Crippen LogP contribution in [0.15, 0.2) is 24.3 Å². The molecule has 2 aliphatic rings. The van der Waals surface area contributed by atoms with Crippen molar-refractivity contribution in [2.45, 2.75) is 64.2 Å². The first-order chi connectivity index (χ1) is 14.6. The van der Waals surface area contributed by atoms with Crippen LogP contribution in [0.25, 0.3) is 0 Å². The van der Waals surface area contributed by atoms with Gasteiger partial charge >= 0.3 is 6.09 Å². The second kappa shape index (κ2) is 11.6. The van der Waals surface area contributed by atoms with Gasteiger partial charge in [-0.3, -0.25) is 4.79 Å². The van der Waals surface area contributed by atoms with Gasteiger partial charge in [0.2, 0.25) is 5.91 Å². The maximum Gasteiger partial charge on any atom is 0.409 e. The molecule has 1 aliphatic heterocycles. The molecule has 2 amide bonds. The maximum absolute atomic E-state index is 13.7. The Hall–Kier alpha value is -1.75. The van der Waals surface area contributed by atoms with Crippen LogP contribution in [0.4, 0.5) is 4.79 Å². The van der Waals surface area contributed by atoms with Crippen LogP contribution in [-0.2, 0) is 9.53 Å². The molecule has 30 heavy (non-hydrogen) atoms. The Labute approximate surface area is 185 Å². The van der Waals surface area contributed by atoms with Crippen LogP contribution >= 0.6 is 11.6 Å². The zero-order valence-corrected chi connectivity index (χ0v) is 18.9. The van der Waals surface area contributed by atoms with Gasteiger partial charge in [0.1, 0.15) is 0 Å². The van der Waals surface area contributed by atoms with Crippen molar-refractivity contribution in [3.63, 3.8) is 0 Å². The SMILES string of the molecule is CCCCOC(=O)N1CCN(C(=O)C(c2cccc(Cl)c2)C2CCCCCC2)CC1. The number of halogens is 1. The number of rotatable bonds is 6. The van der Waals surface area contributed by atoms with Gasteiger partial charge in [-0.25, -0.2) is 4.79 Å². The summed E-state index contributed by atoms with van der Waals surface area (Å²) < 4.78 is 5.33. The fourth-order valence-electron chi connectivity index (χ4n) is 4.66. The van der Waals surface area contributed by atoms with E-state index in [0.29, 0.717) is 43.7 Å². The molecule has 6 heteroatoms. The number of piperazine rings is 1. The molecule has 166 valence electrons. The number of ether oxygens (including phenoxy) is 1. The highest BCUT2D eigenvalue weighted by molar-refractivity contribution is 6.30. The summed E-state index contributed by atoms with van der Waals surface area (Å²) in [6.45, 7) is 4.72. The van der Waals surface area contributed by atoms with Gasteiger partial charge in [0.05, 0.1) is 12.5 Å². The Kier molecular flexibility index (Phi) is 8.86. The van der Waals surface area contributed by atoms with Gasteiger partial charge in [-0.15, -0.1) is 0 Å². The van der Waals surface area contributed by atoms with Crippen LogP contribution in [0.2, 0.25) is 5.02 Å². The number of benzene rings is 1. The Morgan fingerprint density at radius 1 is 1.07 bits per heavy atom. The molecule has 1 saturated heterocycles. The number of carbonyl (C=O) groups is 2. The first-order valence-electron chi connectivity index (χ1n) is 11.6. The first-order valence-corrected chi connectivity index (χ1v) is 11.9. The average Bonchev–Trinajstić information content (AvgIpc) is 3.03. The quantitative estimate of drug-likeness (QED) is 0.440. The number of amides is 2. The van der Waals surface area contributed by atoms with Crippen molar-refractivity contribution in [1.82, 2.24) is 9.80 Å². The van der Waals surface area contributed by atoms with Crippen molar-refractivity contribution >= 4 is 23.6 Å². The van der Waals surface area contributed by atoms with Crippen LogP contribution in [0.1, 0.15) is 69.8 Å². The summed E-state index contributed by atoms with van der Waals surface area (Å²) in [5.74, 6) is 0.392. The lowest BCUT2D eigenvalue weighted by Gasteiger charge is -2.37. The zero-order chi connectivity index (χ0) is 21.3. The standard InChI is InChI=1S/C24H35ClN2O3/c1-2-3-17-30-24(29)27-15-13-26(14-16-27)23(28)22(19-9-6-4-5-7-10-19)20-11-8-12-21(25)18-20/h8,11-12,18-19,22H,2-7,9-10,13-17H2,1H3. The van der Waals surface area contributed by atoms with E-state index < -0.39 is 0 Å². The van der Waals surface area contributed by atoms with Crippen molar-refractivity contribution in [3.8, 4) is 0 Å². The van der Waals surface area contributed by atoms with Crippen molar-refractivity contribution < 1.29 is 14.3 Å². The third-order valence-corrected chi connectivity index (χ3v) is 6.65. The minimum Gasteiger partial charge on any atom is -0.449 e. The Morgan fingerprint density at radius 3 is 2.37 bits per heavy atom.